The van der Waals surface area contributed by atoms with E-state index in [4.69, 9.17) is 4.74 Å². The van der Waals surface area contributed by atoms with Gasteiger partial charge in [0, 0.05) is 20.0 Å². The van der Waals surface area contributed by atoms with E-state index in [1.165, 1.54) is 0 Å². The molecular weight excluding hydrogens is 218 g/mol. The van der Waals surface area contributed by atoms with Gasteiger partial charge >= 0.3 is 5.97 Å². The maximum Gasteiger partial charge on any atom is 0.302 e. The highest BCUT2D eigenvalue weighted by Crippen LogP contribution is 2.28. The van der Waals surface area contributed by atoms with Crippen molar-refractivity contribution in [1.82, 2.24) is 0 Å². The predicted octanol–water partition coefficient (Wildman–Crippen LogP) is 2.39. The molecule has 0 unspecified atom stereocenters. The number of ether oxygens (including phenoxy) is 2. The van der Waals surface area contributed by atoms with Gasteiger partial charge in [0.25, 0.3) is 5.92 Å². The van der Waals surface area contributed by atoms with Crippen molar-refractivity contribution < 1.29 is 23.0 Å². The van der Waals surface area contributed by atoms with Gasteiger partial charge in [0.05, 0.1) is 6.10 Å². The van der Waals surface area contributed by atoms with Crippen LogP contribution in [0, 0.1) is 5.92 Å². The number of carbonyl (C=O) groups excluding carboxylic acids is 1. The Balaban J connectivity index is 2.31. The molecule has 0 N–H and O–H groups in total. The molecule has 5 heteroatoms. The largest absolute Gasteiger partial charge is 0.459 e. The van der Waals surface area contributed by atoms with E-state index < -0.39 is 24.6 Å². The Morgan fingerprint density at radius 2 is 2.19 bits per heavy atom. The van der Waals surface area contributed by atoms with Crippen molar-refractivity contribution in [2.45, 2.75) is 45.1 Å². The second-order valence-electron chi connectivity index (χ2n) is 4.48. The van der Waals surface area contributed by atoms with Crippen LogP contribution in [0.15, 0.2) is 0 Å². The summed E-state index contributed by atoms with van der Waals surface area (Å²) in [5.74, 6) is -3.23. The zero-order valence-electron chi connectivity index (χ0n) is 9.67. The van der Waals surface area contributed by atoms with Crippen LogP contribution < -0.4 is 0 Å². The first-order chi connectivity index (χ1) is 7.39. The molecule has 94 valence electrons. The first-order valence-corrected chi connectivity index (χ1v) is 5.52. The Morgan fingerprint density at radius 3 is 2.69 bits per heavy atom. The van der Waals surface area contributed by atoms with E-state index in [1.54, 1.807) is 0 Å². The predicted molar refractivity (Wildman–Crippen MR) is 54.3 cm³/mol. The van der Waals surface area contributed by atoms with Gasteiger partial charge in [-0.25, -0.2) is 8.78 Å². The Labute approximate surface area is 94.1 Å². The van der Waals surface area contributed by atoms with Crippen LogP contribution >= 0.6 is 0 Å². The number of rotatable bonds is 4. The van der Waals surface area contributed by atoms with Crippen LogP contribution in [-0.2, 0) is 14.3 Å². The van der Waals surface area contributed by atoms with E-state index in [0.29, 0.717) is 18.9 Å². The molecule has 1 rings (SSSR count). The molecule has 1 heterocycles. The van der Waals surface area contributed by atoms with Crippen LogP contribution in [0.3, 0.4) is 0 Å². The zero-order valence-corrected chi connectivity index (χ0v) is 9.67. The summed E-state index contributed by atoms with van der Waals surface area (Å²) in [7, 11) is 0. The topological polar surface area (TPSA) is 35.5 Å². The number of hydrogen-bond acceptors (Lipinski definition) is 3. The van der Waals surface area contributed by atoms with Gasteiger partial charge in [-0.1, -0.05) is 6.92 Å². The van der Waals surface area contributed by atoms with Gasteiger partial charge in [-0.15, -0.1) is 0 Å². The minimum absolute atomic E-state index is 0.368. The summed E-state index contributed by atoms with van der Waals surface area (Å²) in [6, 6.07) is 0. The Hall–Kier alpha value is -0.710. The summed E-state index contributed by atoms with van der Waals surface area (Å²) in [6.07, 6.45) is 0.778. The lowest BCUT2D eigenvalue weighted by molar-refractivity contribution is -0.159. The van der Waals surface area contributed by atoms with E-state index >= 15 is 0 Å². The average molecular weight is 236 g/mol. The van der Waals surface area contributed by atoms with Crippen molar-refractivity contribution in [2.75, 3.05) is 13.2 Å². The smallest absolute Gasteiger partial charge is 0.302 e. The standard InChI is InChI=1S/C11H18F2O3/c1-8-3-4-10(15-6-8)5-11(12,13)7-16-9(2)14/h8,10H,3-7H2,1-2H3/t8-,10+/m0/s1. The normalized spacial score (nSPS) is 26.5. The molecule has 0 aliphatic carbocycles. The third kappa shape index (κ3) is 4.88. The summed E-state index contributed by atoms with van der Waals surface area (Å²) >= 11 is 0. The molecule has 0 aromatic rings. The molecule has 0 bridgehead atoms. The minimum atomic E-state index is -2.99. The molecule has 1 aliphatic rings. The molecule has 0 aromatic heterocycles. The summed E-state index contributed by atoms with van der Waals surface area (Å²) < 4.78 is 36.3. The molecule has 0 aromatic carbocycles. The van der Waals surface area contributed by atoms with Crippen LogP contribution in [0.5, 0.6) is 0 Å². The number of alkyl halides is 2. The maximum atomic E-state index is 13.3. The summed E-state index contributed by atoms with van der Waals surface area (Å²) in [6.45, 7) is 2.84. The summed E-state index contributed by atoms with van der Waals surface area (Å²) in [5, 5.41) is 0. The minimum Gasteiger partial charge on any atom is -0.459 e. The van der Waals surface area contributed by atoms with Crippen molar-refractivity contribution in [3.8, 4) is 0 Å². The lowest BCUT2D eigenvalue weighted by Gasteiger charge is -2.29. The van der Waals surface area contributed by atoms with Crippen LogP contribution in [0.2, 0.25) is 0 Å². The first kappa shape index (κ1) is 13.4. The second kappa shape index (κ2) is 5.57. The van der Waals surface area contributed by atoms with Crippen molar-refractivity contribution in [3.63, 3.8) is 0 Å². The molecule has 3 nitrogen and oxygen atoms in total. The van der Waals surface area contributed by atoms with Gasteiger partial charge in [0.2, 0.25) is 0 Å². The third-order valence-electron chi connectivity index (χ3n) is 2.61. The second-order valence-corrected chi connectivity index (χ2v) is 4.48. The first-order valence-electron chi connectivity index (χ1n) is 5.52. The molecule has 2 atom stereocenters. The van der Waals surface area contributed by atoms with Crippen molar-refractivity contribution in [2.24, 2.45) is 5.92 Å². The zero-order chi connectivity index (χ0) is 12.2. The highest BCUT2D eigenvalue weighted by atomic mass is 19.3. The quantitative estimate of drug-likeness (QED) is 0.703. The summed E-state index contributed by atoms with van der Waals surface area (Å²) in [5.41, 5.74) is 0. The van der Waals surface area contributed by atoms with Gasteiger partial charge in [-0.05, 0) is 18.8 Å². The number of halogens is 2. The van der Waals surface area contributed by atoms with E-state index in [-0.39, 0.29) is 6.42 Å². The monoisotopic (exact) mass is 236 g/mol. The highest BCUT2D eigenvalue weighted by molar-refractivity contribution is 5.65. The van der Waals surface area contributed by atoms with Crippen LogP contribution in [0.1, 0.15) is 33.1 Å². The summed E-state index contributed by atoms with van der Waals surface area (Å²) in [4.78, 5) is 10.4. The highest BCUT2D eigenvalue weighted by Gasteiger charge is 2.35. The Morgan fingerprint density at radius 1 is 1.50 bits per heavy atom. The SMILES string of the molecule is CC(=O)OCC(F)(F)C[C@H]1CC[C@H](C)CO1. The molecule has 0 radical (unpaired) electrons. The van der Waals surface area contributed by atoms with Crippen molar-refractivity contribution in [3.05, 3.63) is 0 Å². The van der Waals surface area contributed by atoms with E-state index in [1.807, 2.05) is 6.92 Å². The van der Waals surface area contributed by atoms with Gasteiger partial charge in [-0.3, -0.25) is 4.79 Å². The van der Waals surface area contributed by atoms with Crippen LogP contribution in [0.25, 0.3) is 0 Å². The van der Waals surface area contributed by atoms with E-state index in [9.17, 15) is 13.6 Å². The van der Waals surface area contributed by atoms with Crippen LogP contribution in [-0.4, -0.2) is 31.2 Å². The number of carbonyl (C=O) groups is 1. The maximum absolute atomic E-state index is 13.3. The molecule has 0 amide bonds. The number of esters is 1. The van der Waals surface area contributed by atoms with Gasteiger partial charge < -0.3 is 9.47 Å². The molecule has 1 fully saturated rings. The molecule has 0 spiro atoms. The van der Waals surface area contributed by atoms with Gasteiger partial charge in [0.15, 0.2) is 6.61 Å². The number of hydrogen-bond donors (Lipinski definition) is 0. The third-order valence-corrected chi connectivity index (χ3v) is 2.61. The van der Waals surface area contributed by atoms with Gasteiger partial charge in [-0.2, -0.15) is 0 Å². The Kier molecular flexibility index (Phi) is 4.65. The molecule has 0 saturated carbocycles. The fourth-order valence-corrected chi connectivity index (χ4v) is 1.70. The van der Waals surface area contributed by atoms with E-state index in [2.05, 4.69) is 4.74 Å². The average Bonchev–Trinajstić information content (AvgIpc) is 2.19. The van der Waals surface area contributed by atoms with E-state index in [0.717, 1.165) is 13.3 Å². The lowest BCUT2D eigenvalue weighted by atomic mass is 9.97. The molecule has 1 saturated heterocycles. The fraction of sp³-hybridized carbons (Fsp3) is 0.909. The Bertz CT molecular complexity index is 235. The van der Waals surface area contributed by atoms with Crippen molar-refractivity contribution >= 4 is 5.97 Å². The van der Waals surface area contributed by atoms with Crippen molar-refractivity contribution in [1.29, 1.82) is 0 Å². The lowest BCUT2D eigenvalue weighted by Crippen LogP contribution is -2.34. The molecular formula is C11H18F2O3. The van der Waals surface area contributed by atoms with Crippen LogP contribution in [0.4, 0.5) is 8.78 Å². The fourth-order valence-electron chi connectivity index (χ4n) is 1.70. The molecule has 16 heavy (non-hydrogen) atoms. The molecule has 1 aliphatic heterocycles. The van der Waals surface area contributed by atoms with Gasteiger partial charge in [0.1, 0.15) is 0 Å².